The summed E-state index contributed by atoms with van der Waals surface area (Å²) < 4.78 is 6.07. The van der Waals surface area contributed by atoms with Crippen molar-refractivity contribution in [3.05, 3.63) is 64.7 Å². The molecule has 0 saturated heterocycles. The Balaban J connectivity index is 1.94. The molecule has 0 bridgehead atoms. The highest BCUT2D eigenvalue weighted by atomic mass is 35.5. The number of benzene rings is 2. The van der Waals surface area contributed by atoms with E-state index in [9.17, 15) is 0 Å². The van der Waals surface area contributed by atoms with E-state index in [2.05, 4.69) is 49.1 Å². The molecule has 0 aliphatic heterocycles. The molecule has 2 aromatic carbocycles. The minimum Gasteiger partial charge on any atom is -0.493 e. The van der Waals surface area contributed by atoms with Gasteiger partial charge in [0.1, 0.15) is 5.75 Å². The van der Waals surface area contributed by atoms with E-state index in [0.717, 1.165) is 43.2 Å². The van der Waals surface area contributed by atoms with Crippen molar-refractivity contribution in [2.75, 3.05) is 26.2 Å². The Morgan fingerprint density at radius 1 is 0.880 bits per heavy atom. The van der Waals surface area contributed by atoms with Gasteiger partial charge in [0.15, 0.2) is 0 Å². The van der Waals surface area contributed by atoms with Crippen LogP contribution in [-0.2, 0) is 12.8 Å². The summed E-state index contributed by atoms with van der Waals surface area (Å²) in [7, 11) is 0. The summed E-state index contributed by atoms with van der Waals surface area (Å²) in [5.74, 6) is 0.927. The van der Waals surface area contributed by atoms with Crippen molar-refractivity contribution in [3.8, 4) is 5.75 Å². The Bertz CT molecular complexity index is 609. The molecule has 136 valence electrons. The van der Waals surface area contributed by atoms with Crippen LogP contribution in [0.3, 0.4) is 0 Å². The van der Waals surface area contributed by atoms with Gasteiger partial charge in [-0.2, -0.15) is 0 Å². The zero-order valence-corrected chi connectivity index (χ0v) is 16.3. The standard InChI is InChI=1S/C22H30ClNO/c1-3-14-24(15-4-2)16-12-20-10-11-21(23)18-22(20)25-17-13-19-8-6-5-7-9-19/h5-11,18H,3-4,12-17H2,1-2H3. The normalized spacial score (nSPS) is 11.0. The molecule has 0 aromatic heterocycles. The topological polar surface area (TPSA) is 12.5 Å². The molecule has 2 nitrogen and oxygen atoms in total. The summed E-state index contributed by atoms with van der Waals surface area (Å²) in [6.45, 7) is 8.53. The van der Waals surface area contributed by atoms with Crippen molar-refractivity contribution < 1.29 is 4.74 Å². The van der Waals surface area contributed by atoms with Gasteiger partial charge in [0.05, 0.1) is 6.61 Å². The molecule has 0 aliphatic carbocycles. The number of hydrogen-bond acceptors (Lipinski definition) is 2. The van der Waals surface area contributed by atoms with Crippen molar-refractivity contribution in [3.63, 3.8) is 0 Å². The third-order valence-corrected chi connectivity index (χ3v) is 4.53. The second kappa shape index (κ2) is 11.2. The van der Waals surface area contributed by atoms with Gasteiger partial charge in [-0.05, 0) is 55.6 Å². The van der Waals surface area contributed by atoms with Crippen LogP contribution in [0.2, 0.25) is 5.02 Å². The number of rotatable bonds is 11. The predicted octanol–water partition coefficient (Wildman–Crippen LogP) is 5.63. The van der Waals surface area contributed by atoms with Crippen molar-refractivity contribution in [2.24, 2.45) is 0 Å². The first-order valence-electron chi connectivity index (χ1n) is 9.40. The van der Waals surface area contributed by atoms with Gasteiger partial charge in [-0.3, -0.25) is 0 Å². The van der Waals surface area contributed by atoms with E-state index in [1.807, 2.05) is 18.2 Å². The summed E-state index contributed by atoms with van der Waals surface area (Å²) in [6.07, 6.45) is 4.30. The van der Waals surface area contributed by atoms with E-state index in [4.69, 9.17) is 16.3 Å². The van der Waals surface area contributed by atoms with Gasteiger partial charge in [-0.15, -0.1) is 0 Å². The molecular formula is C22H30ClNO. The van der Waals surface area contributed by atoms with E-state index in [1.54, 1.807) is 0 Å². The van der Waals surface area contributed by atoms with Crippen LogP contribution in [0.5, 0.6) is 5.75 Å². The molecule has 0 heterocycles. The lowest BCUT2D eigenvalue weighted by Crippen LogP contribution is -2.27. The Hall–Kier alpha value is -1.51. The second-order valence-electron chi connectivity index (χ2n) is 6.43. The number of hydrogen-bond donors (Lipinski definition) is 0. The zero-order chi connectivity index (χ0) is 17.9. The van der Waals surface area contributed by atoms with Crippen LogP contribution >= 0.6 is 11.6 Å². The second-order valence-corrected chi connectivity index (χ2v) is 6.86. The third kappa shape index (κ3) is 7.09. The van der Waals surface area contributed by atoms with Gasteiger partial charge in [0.2, 0.25) is 0 Å². The molecular weight excluding hydrogens is 330 g/mol. The molecule has 25 heavy (non-hydrogen) atoms. The molecule has 2 rings (SSSR count). The van der Waals surface area contributed by atoms with Gasteiger partial charge in [-0.25, -0.2) is 0 Å². The molecule has 0 fully saturated rings. The Labute approximate surface area is 157 Å². The lowest BCUT2D eigenvalue weighted by molar-refractivity contribution is 0.274. The lowest BCUT2D eigenvalue weighted by atomic mass is 10.1. The molecule has 0 amide bonds. The van der Waals surface area contributed by atoms with Crippen LogP contribution in [0.1, 0.15) is 37.8 Å². The number of nitrogens with zero attached hydrogens (tertiary/aromatic N) is 1. The molecule has 3 heteroatoms. The Morgan fingerprint density at radius 2 is 1.60 bits per heavy atom. The molecule has 0 aliphatic rings. The third-order valence-electron chi connectivity index (χ3n) is 4.30. The monoisotopic (exact) mass is 359 g/mol. The quantitative estimate of drug-likeness (QED) is 0.515. The van der Waals surface area contributed by atoms with E-state index in [-0.39, 0.29) is 0 Å². The highest BCUT2D eigenvalue weighted by Crippen LogP contribution is 2.24. The first-order chi connectivity index (χ1) is 12.2. The summed E-state index contributed by atoms with van der Waals surface area (Å²) >= 11 is 6.18. The molecule has 0 unspecified atom stereocenters. The fraction of sp³-hybridized carbons (Fsp3) is 0.455. The van der Waals surface area contributed by atoms with Crippen molar-refractivity contribution >= 4 is 11.6 Å². The molecule has 0 radical (unpaired) electrons. The van der Waals surface area contributed by atoms with Gasteiger partial charge in [0.25, 0.3) is 0 Å². The van der Waals surface area contributed by atoms with Gasteiger partial charge < -0.3 is 9.64 Å². The summed E-state index contributed by atoms with van der Waals surface area (Å²) in [4.78, 5) is 2.53. The van der Waals surface area contributed by atoms with E-state index < -0.39 is 0 Å². The minimum atomic E-state index is 0.672. The van der Waals surface area contributed by atoms with Crippen molar-refractivity contribution in [2.45, 2.75) is 39.5 Å². The number of halogens is 1. The Kier molecular flexibility index (Phi) is 8.85. The first kappa shape index (κ1) is 19.8. The summed E-state index contributed by atoms with van der Waals surface area (Å²) in [5.41, 5.74) is 2.54. The van der Waals surface area contributed by atoms with E-state index >= 15 is 0 Å². The summed E-state index contributed by atoms with van der Waals surface area (Å²) in [6, 6.07) is 16.5. The maximum atomic E-state index is 6.18. The van der Waals surface area contributed by atoms with Crippen LogP contribution in [0, 0.1) is 0 Å². The van der Waals surface area contributed by atoms with Crippen LogP contribution in [0.15, 0.2) is 48.5 Å². The van der Waals surface area contributed by atoms with Crippen LogP contribution in [-0.4, -0.2) is 31.1 Å². The van der Waals surface area contributed by atoms with Crippen molar-refractivity contribution in [1.82, 2.24) is 4.90 Å². The maximum absolute atomic E-state index is 6.18. The van der Waals surface area contributed by atoms with Crippen LogP contribution < -0.4 is 4.74 Å². The minimum absolute atomic E-state index is 0.672. The molecule has 0 saturated carbocycles. The van der Waals surface area contributed by atoms with E-state index in [0.29, 0.717) is 6.61 Å². The average molecular weight is 360 g/mol. The average Bonchev–Trinajstić information content (AvgIpc) is 2.62. The highest BCUT2D eigenvalue weighted by Gasteiger charge is 2.08. The van der Waals surface area contributed by atoms with Gasteiger partial charge >= 0.3 is 0 Å². The van der Waals surface area contributed by atoms with Crippen LogP contribution in [0.25, 0.3) is 0 Å². The maximum Gasteiger partial charge on any atom is 0.124 e. The lowest BCUT2D eigenvalue weighted by Gasteiger charge is -2.21. The SMILES string of the molecule is CCCN(CCC)CCc1ccc(Cl)cc1OCCc1ccccc1. The van der Waals surface area contributed by atoms with Gasteiger partial charge in [-0.1, -0.05) is 61.8 Å². The fourth-order valence-corrected chi connectivity index (χ4v) is 3.20. The van der Waals surface area contributed by atoms with Crippen LogP contribution in [0.4, 0.5) is 0 Å². The first-order valence-corrected chi connectivity index (χ1v) is 9.78. The Morgan fingerprint density at radius 3 is 2.28 bits per heavy atom. The molecule has 0 spiro atoms. The largest absolute Gasteiger partial charge is 0.493 e. The zero-order valence-electron chi connectivity index (χ0n) is 15.5. The molecule has 0 N–H and O–H groups in total. The van der Waals surface area contributed by atoms with E-state index in [1.165, 1.54) is 24.0 Å². The molecule has 2 aromatic rings. The highest BCUT2D eigenvalue weighted by molar-refractivity contribution is 6.30. The molecule has 0 atom stereocenters. The van der Waals surface area contributed by atoms with Gasteiger partial charge in [0, 0.05) is 18.0 Å². The predicted molar refractivity (Wildman–Crippen MR) is 108 cm³/mol. The fourth-order valence-electron chi connectivity index (χ4n) is 3.04. The van der Waals surface area contributed by atoms with Crippen molar-refractivity contribution in [1.29, 1.82) is 0 Å². The smallest absolute Gasteiger partial charge is 0.124 e. The number of ether oxygens (including phenoxy) is 1. The summed E-state index contributed by atoms with van der Waals surface area (Å²) in [5, 5.41) is 0.734.